The summed E-state index contributed by atoms with van der Waals surface area (Å²) in [6.07, 6.45) is 1.34. The second-order valence-electron chi connectivity index (χ2n) is 6.78. The number of aromatic amines is 1. The van der Waals surface area contributed by atoms with Gasteiger partial charge in [-0.25, -0.2) is 0 Å². The molecule has 5 nitrogen and oxygen atoms in total. The smallest absolute Gasteiger partial charge is 0.222 e. The van der Waals surface area contributed by atoms with Crippen LogP contribution in [0.4, 0.5) is 0 Å². The third kappa shape index (κ3) is 3.76. The summed E-state index contributed by atoms with van der Waals surface area (Å²) in [7, 11) is 1.87. The van der Waals surface area contributed by atoms with Gasteiger partial charge >= 0.3 is 0 Å². The third-order valence-electron chi connectivity index (χ3n) is 4.75. The van der Waals surface area contributed by atoms with Crippen molar-refractivity contribution in [3.63, 3.8) is 0 Å². The minimum Gasteiger partial charge on any atom is -0.357 e. The molecule has 0 unspecified atom stereocenters. The van der Waals surface area contributed by atoms with Gasteiger partial charge in [-0.2, -0.15) is 5.10 Å². The largest absolute Gasteiger partial charge is 0.357 e. The molecule has 5 heteroatoms. The van der Waals surface area contributed by atoms with Gasteiger partial charge in [0.25, 0.3) is 0 Å². The van der Waals surface area contributed by atoms with Crippen LogP contribution < -0.4 is 0 Å². The summed E-state index contributed by atoms with van der Waals surface area (Å²) in [5.74, 6) is 0.166. The van der Waals surface area contributed by atoms with E-state index in [0.29, 0.717) is 13.0 Å². The molecule has 2 aromatic heterocycles. The second kappa shape index (κ2) is 7.13. The lowest BCUT2D eigenvalue weighted by Crippen LogP contribution is -2.26. The van der Waals surface area contributed by atoms with Crippen LogP contribution in [-0.4, -0.2) is 32.6 Å². The van der Waals surface area contributed by atoms with Crippen molar-refractivity contribution in [1.29, 1.82) is 0 Å². The topological polar surface area (TPSA) is 53.9 Å². The van der Waals surface area contributed by atoms with Gasteiger partial charge in [-0.3, -0.25) is 9.48 Å². The molecule has 1 amide bonds. The van der Waals surface area contributed by atoms with Crippen molar-refractivity contribution in [1.82, 2.24) is 19.7 Å². The monoisotopic (exact) mass is 338 g/mol. The van der Waals surface area contributed by atoms with E-state index in [0.717, 1.165) is 35.6 Å². The summed E-state index contributed by atoms with van der Waals surface area (Å²) >= 11 is 0. The van der Waals surface area contributed by atoms with Gasteiger partial charge in [-0.1, -0.05) is 18.2 Å². The number of carbonyl (C=O) groups excluding carboxylic acids is 1. The Morgan fingerprint density at radius 2 is 2.00 bits per heavy atom. The summed E-state index contributed by atoms with van der Waals surface area (Å²) in [5, 5.41) is 5.67. The maximum Gasteiger partial charge on any atom is 0.222 e. The fourth-order valence-corrected chi connectivity index (χ4v) is 3.29. The summed E-state index contributed by atoms with van der Waals surface area (Å²) in [4.78, 5) is 17.7. The molecule has 0 saturated heterocycles. The molecule has 1 aromatic carbocycles. The Bertz CT molecular complexity index is 890. The van der Waals surface area contributed by atoms with Crippen LogP contribution in [0.25, 0.3) is 10.9 Å². The van der Waals surface area contributed by atoms with Crippen LogP contribution in [0.15, 0.2) is 30.3 Å². The Balaban J connectivity index is 1.56. The number of amides is 1. The Morgan fingerprint density at radius 3 is 2.68 bits per heavy atom. The van der Waals surface area contributed by atoms with Crippen LogP contribution in [0.2, 0.25) is 0 Å². The Labute approximate surface area is 148 Å². The molecule has 0 saturated carbocycles. The number of carbonyl (C=O) groups is 1. The van der Waals surface area contributed by atoms with Crippen molar-refractivity contribution in [2.24, 2.45) is 0 Å². The number of fused-ring (bicyclic) bond motifs is 1. The first kappa shape index (κ1) is 17.3. The number of hydrogen-bond donors (Lipinski definition) is 1. The fourth-order valence-electron chi connectivity index (χ4n) is 3.29. The van der Waals surface area contributed by atoms with Gasteiger partial charge in [0, 0.05) is 42.3 Å². The van der Waals surface area contributed by atoms with Crippen molar-refractivity contribution >= 4 is 16.8 Å². The number of benzene rings is 1. The van der Waals surface area contributed by atoms with E-state index in [1.165, 1.54) is 10.9 Å². The molecule has 2 heterocycles. The quantitative estimate of drug-likeness (QED) is 0.744. The molecular weight excluding hydrogens is 312 g/mol. The lowest BCUT2D eigenvalue weighted by Gasteiger charge is -2.17. The average Bonchev–Trinajstić information content (AvgIpc) is 3.07. The first-order chi connectivity index (χ1) is 12.0. The van der Waals surface area contributed by atoms with Crippen LogP contribution in [0.1, 0.15) is 35.5 Å². The molecule has 132 valence electrons. The molecule has 0 fully saturated rings. The zero-order valence-electron chi connectivity index (χ0n) is 15.5. The molecule has 0 atom stereocenters. The molecule has 0 aliphatic rings. The van der Waals surface area contributed by atoms with E-state index in [1.54, 1.807) is 4.90 Å². The highest BCUT2D eigenvalue weighted by Crippen LogP contribution is 2.22. The lowest BCUT2D eigenvalue weighted by atomic mass is 10.1. The van der Waals surface area contributed by atoms with Crippen LogP contribution >= 0.6 is 0 Å². The van der Waals surface area contributed by atoms with E-state index in [1.807, 2.05) is 37.7 Å². The number of nitrogens with zero attached hydrogens (tertiary/aromatic N) is 3. The standard InChI is InChI=1S/C20H26N4O/c1-14-12-15(2)24(22-14)11-7-10-20(25)23(4)13-19-16(3)17-8-5-6-9-18(17)21-19/h5-6,8-9,12,21H,7,10-11,13H2,1-4H3. The van der Waals surface area contributed by atoms with Crippen molar-refractivity contribution in [2.45, 2.75) is 46.7 Å². The molecule has 0 aliphatic carbocycles. The maximum atomic E-state index is 12.4. The predicted molar refractivity (Wildman–Crippen MR) is 100 cm³/mol. The number of rotatable bonds is 6. The van der Waals surface area contributed by atoms with Gasteiger partial charge in [-0.15, -0.1) is 0 Å². The zero-order chi connectivity index (χ0) is 18.0. The minimum absolute atomic E-state index is 0.166. The Morgan fingerprint density at radius 1 is 1.24 bits per heavy atom. The number of H-pyrrole nitrogens is 1. The molecule has 0 spiro atoms. The number of nitrogens with one attached hydrogen (secondary N) is 1. The molecule has 25 heavy (non-hydrogen) atoms. The van der Waals surface area contributed by atoms with Crippen molar-refractivity contribution in [2.75, 3.05) is 7.05 Å². The highest BCUT2D eigenvalue weighted by molar-refractivity contribution is 5.84. The Hall–Kier alpha value is -2.56. The van der Waals surface area contributed by atoms with Gasteiger partial charge in [0.15, 0.2) is 0 Å². The van der Waals surface area contributed by atoms with Crippen molar-refractivity contribution in [3.05, 3.63) is 53.0 Å². The SMILES string of the molecule is Cc1cc(C)n(CCCC(=O)N(C)Cc2[nH]c3ccccc3c2C)n1. The number of aromatic nitrogens is 3. The molecule has 3 aromatic rings. The number of para-hydroxylation sites is 1. The molecule has 0 radical (unpaired) electrons. The van der Waals surface area contributed by atoms with E-state index in [2.05, 4.69) is 35.2 Å². The molecule has 0 aliphatic heterocycles. The maximum absolute atomic E-state index is 12.4. The number of hydrogen-bond acceptors (Lipinski definition) is 2. The van der Waals surface area contributed by atoms with Gasteiger partial charge in [0.1, 0.15) is 0 Å². The molecule has 0 bridgehead atoms. The van der Waals surface area contributed by atoms with Gasteiger partial charge in [-0.05, 0) is 44.9 Å². The summed E-state index contributed by atoms with van der Waals surface area (Å²) in [6.45, 7) is 7.54. The molecule has 1 N–H and O–H groups in total. The van der Waals surface area contributed by atoms with E-state index < -0.39 is 0 Å². The summed E-state index contributed by atoms with van der Waals surface area (Å²) in [5.41, 5.74) is 5.62. The first-order valence-corrected chi connectivity index (χ1v) is 8.77. The highest BCUT2D eigenvalue weighted by Gasteiger charge is 2.13. The van der Waals surface area contributed by atoms with Crippen molar-refractivity contribution in [3.8, 4) is 0 Å². The normalized spacial score (nSPS) is 11.2. The van der Waals surface area contributed by atoms with Gasteiger partial charge in [0.2, 0.25) is 5.91 Å². The van der Waals surface area contributed by atoms with E-state index in [-0.39, 0.29) is 5.91 Å². The summed E-state index contributed by atoms with van der Waals surface area (Å²) < 4.78 is 1.98. The number of aryl methyl sites for hydroxylation is 4. The van der Waals surface area contributed by atoms with E-state index >= 15 is 0 Å². The third-order valence-corrected chi connectivity index (χ3v) is 4.75. The van der Waals surface area contributed by atoms with Crippen LogP contribution in [-0.2, 0) is 17.9 Å². The van der Waals surface area contributed by atoms with Crippen molar-refractivity contribution < 1.29 is 4.79 Å². The highest BCUT2D eigenvalue weighted by atomic mass is 16.2. The fraction of sp³-hybridized carbons (Fsp3) is 0.400. The lowest BCUT2D eigenvalue weighted by molar-refractivity contribution is -0.130. The average molecular weight is 338 g/mol. The van der Waals surface area contributed by atoms with Crippen LogP contribution in [0, 0.1) is 20.8 Å². The Kier molecular flexibility index (Phi) is 4.93. The van der Waals surface area contributed by atoms with Gasteiger partial charge < -0.3 is 9.88 Å². The second-order valence-corrected chi connectivity index (χ2v) is 6.78. The first-order valence-electron chi connectivity index (χ1n) is 8.77. The van der Waals surface area contributed by atoms with E-state index in [9.17, 15) is 4.79 Å². The molecular formula is C20H26N4O. The molecule has 3 rings (SSSR count). The minimum atomic E-state index is 0.166. The van der Waals surface area contributed by atoms with E-state index in [4.69, 9.17) is 0 Å². The summed E-state index contributed by atoms with van der Waals surface area (Å²) in [6, 6.07) is 10.3. The van der Waals surface area contributed by atoms with Gasteiger partial charge in [0.05, 0.1) is 12.2 Å². The van der Waals surface area contributed by atoms with Crippen LogP contribution in [0.3, 0.4) is 0 Å². The van der Waals surface area contributed by atoms with Crippen LogP contribution in [0.5, 0.6) is 0 Å². The predicted octanol–water partition coefficient (Wildman–Crippen LogP) is 3.73. The zero-order valence-corrected chi connectivity index (χ0v) is 15.5.